The van der Waals surface area contributed by atoms with Crippen molar-refractivity contribution >= 4 is 23.4 Å². The number of rotatable bonds is 6. The Labute approximate surface area is 161 Å². The predicted octanol–water partition coefficient (Wildman–Crippen LogP) is 3.03. The summed E-state index contributed by atoms with van der Waals surface area (Å²) in [5, 5.41) is 12.1. The highest BCUT2D eigenvalue weighted by Crippen LogP contribution is 2.28. The molecule has 2 aromatic heterocycles. The number of anilines is 1. The lowest BCUT2D eigenvalue weighted by molar-refractivity contribution is -0.113. The summed E-state index contributed by atoms with van der Waals surface area (Å²) in [6, 6.07) is 9.59. The fourth-order valence-electron chi connectivity index (χ4n) is 2.96. The van der Waals surface area contributed by atoms with E-state index in [9.17, 15) is 4.79 Å². The van der Waals surface area contributed by atoms with Crippen LogP contribution in [0.3, 0.4) is 0 Å². The fraction of sp³-hybridized carbons (Fsp3) is 0.263. The minimum Gasteiger partial charge on any atom is -0.493 e. The van der Waals surface area contributed by atoms with Crippen LogP contribution in [0.5, 0.6) is 5.75 Å². The van der Waals surface area contributed by atoms with E-state index in [4.69, 9.17) is 4.74 Å². The lowest BCUT2D eigenvalue weighted by atomic mass is 10.1. The molecule has 0 bridgehead atoms. The van der Waals surface area contributed by atoms with Crippen molar-refractivity contribution in [2.75, 3.05) is 17.7 Å². The molecule has 1 aromatic carbocycles. The topological polar surface area (TPSA) is 81.9 Å². The van der Waals surface area contributed by atoms with E-state index in [-0.39, 0.29) is 11.7 Å². The number of carbonyl (C=O) groups excluding carboxylic acids is 1. The summed E-state index contributed by atoms with van der Waals surface area (Å²) in [6.45, 7) is 3.44. The Bertz CT molecular complexity index is 958. The molecule has 0 radical (unpaired) electrons. The Hall–Kier alpha value is -2.87. The standard InChI is InChI=1S/C19H19N5O2S/c1-2-24-18(14-4-3-8-20-11-14)22-23-19(24)27-12-17(25)21-15-6-5-13-7-9-26-16(13)10-15/h3-6,8,10-11H,2,7,9,12H2,1H3,(H,21,25). The van der Waals surface area contributed by atoms with Crippen LogP contribution in [0, 0.1) is 0 Å². The van der Waals surface area contributed by atoms with Crippen molar-refractivity contribution in [2.45, 2.75) is 25.0 Å². The van der Waals surface area contributed by atoms with E-state index < -0.39 is 0 Å². The van der Waals surface area contributed by atoms with Crippen LogP contribution >= 0.6 is 11.8 Å². The Morgan fingerprint density at radius 2 is 2.26 bits per heavy atom. The van der Waals surface area contributed by atoms with Gasteiger partial charge in [0, 0.05) is 42.7 Å². The molecule has 1 amide bonds. The lowest BCUT2D eigenvalue weighted by Crippen LogP contribution is -2.14. The maximum absolute atomic E-state index is 12.3. The van der Waals surface area contributed by atoms with Gasteiger partial charge in [-0.15, -0.1) is 10.2 Å². The summed E-state index contributed by atoms with van der Waals surface area (Å²) in [7, 11) is 0. The number of thioether (sulfide) groups is 1. The van der Waals surface area contributed by atoms with Crippen molar-refractivity contribution in [3.8, 4) is 17.1 Å². The van der Waals surface area contributed by atoms with E-state index >= 15 is 0 Å². The predicted molar refractivity (Wildman–Crippen MR) is 104 cm³/mol. The third kappa shape index (κ3) is 3.80. The summed E-state index contributed by atoms with van der Waals surface area (Å²) >= 11 is 1.37. The lowest BCUT2D eigenvalue weighted by Gasteiger charge is -2.08. The molecule has 0 unspecified atom stereocenters. The minimum atomic E-state index is -0.0912. The highest BCUT2D eigenvalue weighted by Gasteiger charge is 2.16. The van der Waals surface area contributed by atoms with E-state index in [1.54, 1.807) is 12.4 Å². The number of hydrogen-bond donors (Lipinski definition) is 1. The van der Waals surface area contributed by atoms with Gasteiger partial charge in [0.15, 0.2) is 11.0 Å². The number of pyridine rings is 1. The van der Waals surface area contributed by atoms with Gasteiger partial charge in [-0.1, -0.05) is 17.8 Å². The summed E-state index contributed by atoms with van der Waals surface area (Å²) in [5.74, 6) is 1.77. The number of nitrogens with one attached hydrogen (secondary N) is 1. The zero-order valence-electron chi connectivity index (χ0n) is 14.9. The molecule has 8 heteroatoms. The van der Waals surface area contributed by atoms with Crippen molar-refractivity contribution in [1.82, 2.24) is 19.7 Å². The van der Waals surface area contributed by atoms with Gasteiger partial charge in [0.05, 0.1) is 12.4 Å². The molecule has 3 aromatic rings. The SMILES string of the molecule is CCn1c(SCC(=O)Nc2ccc3c(c2)OCC3)nnc1-c1cccnc1. The average molecular weight is 381 g/mol. The molecule has 7 nitrogen and oxygen atoms in total. The molecule has 0 spiro atoms. The van der Waals surface area contributed by atoms with Gasteiger partial charge in [-0.25, -0.2) is 0 Å². The van der Waals surface area contributed by atoms with Crippen molar-refractivity contribution in [1.29, 1.82) is 0 Å². The van der Waals surface area contributed by atoms with Crippen LogP contribution in [0.15, 0.2) is 47.9 Å². The molecular weight excluding hydrogens is 362 g/mol. The first-order valence-corrected chi connectivity index (χ1v) is 9.75. The van der Waals surface area contributed by atoms with Crippen LogP contribution in [0.1, 0.15) is 12.5 Å². The van der Waals surface area contributed by atoms with Crippen LogP contribution in [0.25, 0.3) is 11.4 Å². The van der Waals surface area contributed by atoms with Gasteiger partial charge < -0.3 is 14.6 Å². The summed E-state index contributed by atoms with van der Waals surface area (Å²) < 4.78 is 7.53. The van der Waals surface area contributed by atoms with E-state index in [1.807, 2.05) is 41.8 Å². The van der Waals surface area contributed by atoms with Crippen LogP contribution in [0.2, 0.25) is 0 Å². The molecule has 0 saturated heterocycles. The molecular formula is C19H19N5O2S. The van der Waals surface area contributed by atoms with Gasteiger partial charge in [0.2, 0.25) is 5.91 Å². The molecule has 0 saturated carbocycles. The van der Waals surface area contributed by atoms with Crippen LogP contribution < -0.4 is 10.1 Å². The second-order valence-corrected chi connectivity index (χ2v) is 6.99. The Kier molecular flexibility index (Phi) is 5.06. The Morgan fingerprint density at radius 1 is 1.33 bits per heavy atom. The van der Waals surface area contributed by atoms with Gasteiger partial charge in [-0.05, 0) is 30.7 Å². The first kappa shape index (κ1) is 17.5. The summed E-state index contributed by atoms with van der Waals surface area (Å²) in [5.41, 5.74) is 2.83. The second-order valence-electron chi connectivity index (χ2n) is 6.05. The van der Waals surface area contributed by atoms with Crippen LogP contribution in [0.4, 0.5) is 5.69 Å². The summed E-state index contributed by atoms with van der Waals surface area (Å²) in [6.07, 6.45) is 4.40. The maximum Gasteiger partial charge on any atom is 0.234 e. The number of fused-ring (bicyclic) bond motifs is 1. The minimum absolute atomic E-state index is 0.0912. The number of amides is 1. The number of aromatic nitrogens is 4. The molecule has 0 aliphatic carbocycles. The van der Waals surface area contributed by atoms with Gasteiger partial charge in [0.1, 0.15) is 5.75 Å². The zero-order chi connectivity index (χ0) is 18.6. The van der Waals surface area contributed by atoms with E-state index in [0.717, 1.165) is 29.2 Å². The molecule has 1 aliphatic heterocycles. The third-order valence-electron chi connectivity index (χ3n) is 4.27. The highest BCUT2D eigenvalue weighted by molar-refractivity contribution is 7.99. The molecule has 27 heavy (non-hydrogen) atoms. The van der Waals surface area contributed by atoms with E-state index in [0.29, 0.717) is 18.3 Å². The molecule has 3 heterocycles. The average Bonchev–Trinajstić information content (AvgIpc) is 3.33. The molecule has 1 N–H and O–H groups in total. The normalized spacial score (nSPS) is 12.5. The van der Waals surface area contributed by atoms with Gasteiger partial charge in [-0.3, -0.25) is 9.78 Å². The largest absolute Gasteiger partial charge is 0.493 e. The first-order chi connectivity index (χ1) is 13.2. The molecule has 0 atom stereocenters. The number of benzene rings is 1. The van der Waals surface area contributed by atoms with E-state index in [2.05, 4.69) is 20.5 Å². The highest BCUT2D eigenvalue weighted by atomic mass is 32.2. The number of ether oxygens (including phenoxy) is 1. The number of nitrogens with zero attached hydrogens (tertiary/aromatic N) is 4. The monoisotopic (exact) mass is 381 g/mol. The van der Waals surface area contributed by atoms with Crippen molar-refractivity contribution in [2.24, 2.45) is 0 Å². The van der Waals surface area contributed by atoms with Gasteiger partial charge in [0.25, 0.3) is 0 Å². The molecule has 138 valence electrons. The van der Waals surface area contributed by atoms with Crippen molar-refractivity contribution in [3.63, 3.8) is 0 Å². The summed E-state index contributed by atoms with van der Waals surface area (Å²) in [4.78, 5) is 16.5. The Morgan fingerprint density at radius 3 is 3.07 bits per heavy atom. The van der Waals surface area contributed by atoms with Gasteiger partial charge in [-0.2, -0.15) is 0 Å². The maximum atomic E-state index is 12.3. The Balaban J connectivity index is 1.41. The molecule has 4 rings (SSSR count). The van der Waals surface area contributed by atoms with Gasteiger partial charge >= 0.3 is 0 Å². The quantitative estimate of drug-likeness (QED) is 0.661. The second kappa shape index (κ2) is 7.79. The molecule has 1 aliphatic rings. The van der Waals surface area contributed by atoms with Crippen LogP contribution in [-0.2, 0) is 17.8 Å². The fourth-order valence-corrected chi connectivity index (χ4v) is 3.76. The molecule has 0 fully saturated rings. The zero-order valence-corrected chi connectivity index (χ0v) is 15.7. The number of carbonyl (C=O) groups is 1. The van der Waals surface area contributed by atoms with E-state index in [1.165, 1.54) is 17.3 Å². The van der Waals surface area contributed by atoms with Crippen LogP contribution in [-0.4, -0.2) is 38.0 Å². The van der Waals surface area contributed by atoms with Crippen molar-refractivity contribution in [3.05, 3.63) is 48.3 Å². The van der Waals surface area contributed by atoms with Crippen molar-refractivity contribution < 1.29 is 9.53 Å². The smallest absolute Gasteiger partial charge is 0.234 e. The first-order valence-electron chi connectivity index (χ1n) is 8.76. The third-order valence-corrected chi connectivity index (χ3v) is 5.23. The number of hydrogen-bond acceptors (Lipinski definition) is 6.